The Hall–Kier alpha value is -1.55. The van der Waals surface area contributed by atoms with Gasteiger partial charge in [0.15, 0.2) is 0 Å². The van der Waals surface area contributed by atoms with Crippen LogP contribution < -0.4 is 0 Å². The molecular weight excluding hydrogens is 295 g/mol. The molecule has 0 saturated carbocycles. The van der Waals surface area contributed by atoms with Crippen molar-refractivity contribution in [1.82, 2.24) is 9.80 Å². The van der Waals surface area contributed by atoms with Crippen molar-refractivity contribution in [3.63, 3.8) is 0 Å². The van der Waals surface area contributed by atoms with Gasteiger partial charge in [0.05, 0.1) is 6.54 Å². The van der Waals surface area contributed by atoms with E-state index in [1.807, 2.05) is 6.07 Å². The van der Waals surface area contributed by atoms with E-state index in [1.165, 1.54) is 13.1 Å². The maximum Gasteiger partial charge on any atom is 0.401 e. The Balaban J connectivity index is 2.89. The van der Waals surface area contributed by atoms with E-state index in [-0.39, 0.29) is 5.57 Å². The molecule has 0 aromatic rings. The van der Waals surface area contributed by atoms with Gasteiger partial charge in [-0.15, -0.1) is 0 Å². The van der Waals surface area contributed by atoms with Crippen LogP contribution in [0.25, 0.3) is 0 Å². The summed E-state index contributed by atoms with van der Waals surface area (Å²) >= 11 is 0. The third kappa shape index (κ3) is 5.34. The van der Waals surface area contributed by atoms with Gasteiger partial charge in [0.1, 0.15) is 11.6 Å². The molecule has 0 aliphatic carbocycles. The lowest BCUT2D eigenvalue weighted by atomic mass is 9.98. The van der Waals surface area contributed by atoms with E-state index >= 15 is 0 Å². The molecule has 4 nitrogen and oxygen atoms in total. The molecule has 22 heavy (non-hydrogen) atoms. The summed E-state index contributed by atoms with van der Waals surface area (Å²) in [6.07, 6.45) is -0.169. The van der Waals surface area contributed by atoms with E-state index in [1.54, 1.807) is 18.7 Å². The average Bonchev–Trinajstić information content (AvgIpc) is 2.43. The fraction of sp³-hybridized carbons (Fsp3) is 0.733. The van der Waals surface area contributed by atoms with Gasteiger partial charge >= 0.3 is 6.18 Å². The van der Waals surface area contributed by atoms with Gasteiger partial charge in [-0.25, -0.2) is 0 Å². The number of alkyl halides is 3. The van der Waals surface area contributed by atoms with Crippen molar-refractivity contribution < 1.29 is 18.0 Å². The number of likely N-dealkylation sites (tertiary alicyclic amines) is 1. The van der Waals surface area contributed by atoms with Gasteiger partial charge in [-0.05, 0) is 46.2 Å². The predicted octanol–water partition coefficient (Wildman–Crippen LogP) is 2.72. The fourth-order valence-corrected chi connectivity index (χ4v) is 2.35. The van der Waals surface area contributed by atoms with Gasteiger partial charge in [-0.2, -0.15) is 18.4 Å². The SMILES string of the molecule is CN(CC(F)(F)F)C(C)(C)C=C(C#N)C(=O)N1CCCCC1. The first kappa shape index (κ1) is 18.5. The maximum absolute atomic E-state index is 12.5. The molecule has 0 aromatic carbocycles. The van der Waals surface area contributed by atoms with Crippen LogP contribution in [0.15, 0.2) is 11.6 Å². The molecule has 1 aliphatic rings. The van der Waals surface area contributed by atoms with Gasteiger partial charge in [0.25, 0.3) is 5.91 Å². The number of likely N-dealkylation sites (N-methyl/N-ethyl adjacent to an activating group) is 1. The lowest BCUT2D eigenvalue weighted by Crippen LogP contribution is -2.45. The highest BCUT2D eigenvalue weighted by molar-refractivity contribution is 5.97. The lowest BCUT2D eigenvalue weighted by Gasteiger charge is -2.34. The first-order chi connectivity index (χ1) is 10.1. The van der Waals surface area contributed by atoms with Gasteiger partial charge in [0, 0.05) is 18.6 Å². The highest BCUT2D eigenvalue weighted by Gasteiger charge is 2.35. The quantitative estimate of drug-likeness (QED) is 0.592. The van der Waals surface area contributed by atoms with Crippen LogP contribution >= 0.6 is 0 Å². The Bertz CT molecular complexity index is 471. The molecule has 1 aliphatic heterocycles. The molecule has 0 unspecified atom stereocenters. The Morgan fingerprint density at radius 3 is 2.27 bits per heavy atom. The third-order valence-electron chi connectivity index (χ3n) is 3.89. The zero-order chi connectivity index (χ0) is 17.0. The lowest BCUT2D eigenvalue weighted by molar-refractivity contribution is -0.150. The minimum atomic E-state index is -4.33. The summed E-state index contributed by atoms with van der Waals surface area (Å²) in [5, 5.41) is 9.20. The number of rotatable bonds is 4. The summed E-state index contributed by atoms with van der Waals surface area (Å²) in [6, 6.07) is 1.83. The Labute approximate surface area is 129 Å². The second-order valence-electron chi connectivity index (χ2n) is 6.15. The van der Waals surface area contributed by atoms with Gasteiger partial charge < -0.3 is 4.90 Å². The highest BCUT2D eigenvalue weighted by atomic mass is 19.4. The van der Waals surface area contributed by atoms with Crippen molar-refractivity contribution in [2.75, 3.05) is 26.7 Å². The number of hydrogen-bond donors (Lipinski definition) is 0. The number of nitrogens with zero attached hydrogens (tertiary/aromatic N) is 3. The summed E-state index contributed by atoms with van der Waals surface area (Å²) in [6.45, 7) is 3.19. The number of piperidine rings is 1. The molecule has 0 N–H and O–H groups in total. The molecule has 0 radical (unpaired) electrons. The van der Waals surface area contributed by atoms with E-state index in [9.17, 15) is 23.2 Å². The first-order valence-electron chi connectivity index (χ1n) is 7.27. The van der Waals surface area contributed by atoms with Crippen molar-refractivity contribution in [2.24, 2.45) is 0 Å². The van der Waals surface area contributed by atoms with Crippen LogP contribution in [0.5, 0.6) is 0 Å². The molecule has 0 bridgehead atoms. The fourth-order valence-electron chi connectivity index (χ4n) is 2.35. The number of hydrogen-bond acceptors (Lipinski definition) is 3. The summed E-state index contributed by atoms with van der Waals surface area (Å²) < 4.78 is 37.5. The van der Waals surface area contributed by atoms with Crippen LogP contribution in [0.1, 0.15) is 33.1 Å². The Morgan fingerprint density at radius 2 is 1.82 bits per heavy atom. The van der Waals surface area contributed by atoms with Crippen molar-refractivity contribution in [2.45, 2.75) is 44.8 Å². The van der Waals surface area contributed by atoms with Crippen LogP contribution in [0.4, 0.5) is 13.2 Å². The van der Waals surface area contributed by atoms with E-state index in [2.05, 4.69) is 0 Å². The number of nitriles is 1. The average molecular weight is 317 g/mol. The maximum atomic E-state index is 12.5. The molecule has 1 saturated heterocycles. The summed E-state index contributed by atoms with van der Waals surface area (Å²) in [4.78, 5) is 15.0. The topological polar surface area (TPSA) is 47.3 Å². The molecule has 0 aromatic heterocycles. The van der Waals surface area contributed by atoms with E-state index in [0.717, 1.165) is 24.2 Å². The summed E-state index contributed by atoms with van der Waals surface area (Å²) in [7, 11) is 1.32. The number of carbonyl (C=O) groups excluding carboxylic acids is 1. The van der Waals surface area contributed by atoms with E-state index in [0.29, 0.717) is 13.1 Å². The molecule has 1 amide bonds. The first-order valence-corrected chi connectivity index (χ1v) is 7.27. The molecule has 1 fully saturated rings. The molecule has 1 rings (SSSR count). The van der Waals surface area contributed by atoms with Gasteiger partial charge in [-0.3, -0.25) is 9.69 Å². The van der Waals surface area contributed by atoms with Crippen molar-refractivity contribution >= 4 is 5.91 Å². The van der Waals surface area contributed by atoms with Gasteiger partial charge in [-0.1, -0.05) is 0 Å². The zero-order valence-corrected chi connectivity index (χ0v) is 13.2. The number of carbonyl (C=O) groups is 1. The molecule has 1 heterocycles. The largest absolute Gasteiger partial charge is 0.401 e. The van der Waals surface area contributed by atoms with Crippen LogP contribution in [0.3, 0.4) is 0 Å². The van der Waals surface area contributed by atoms with Crippen LogP contribution in [-0.4, -0.2) is 54.1 Å². The molecule has 7 heteroatoms. The van der Waals surface area contributed by atoms with Crippen molar-refractivity contribution in [3.05, 3.63) is 11.6 Å². The Morgan fingerprint density at radius 1 is 1.27 bits per heavy atom. The predicted molar refractivity (Wildman–Crippen MR) is 76.9 cm³/mol. The molecule has 0 atom stereocenters. The standard InChI is InChI=1S/C15H22F3N3O/c1-14(2,20(3)11-15(16,17)18)9-12(10-19)13(22)21-7-5-4-6-8-21/h9H,4-8,11H2,1-3H3. The van der Waals surface area contributed by atoms with Crippen LogP contribution in [-0.2, 0) is 4.79 Å². The smallest absolute Gasteiger partial charge is 0.338 e. The number of halogens is 3. The van der Waals surface area contributed by atoms with Crippen molar-refractivity contribution in [3.8, 4) is 6.07 Å². The molecule has 0 spiro atoms. The summed E-state index contributed by atoms with van der Waals surface area (Å²) in [5.41, 5.74) is -1.15. The molecular formula is C15H22F3N3O. The third-order valence-corrected chi connectivity index (χ3v) is 3.89. The summed E-state index contributed by atoms with van der Waals surface area (Å²) in [5.74, 6) is -0.393. The van der Waals surface area contributed by atoms with E-state index in [4.69, 9.17) is 0 Å². The van der Waals surface area contributed by atoms with Crippen LogP contribution in [0.2, 0.25) is 0 Å². The van der Waals surface area contributed by atoms with E-state index < -0.39 is 24.2 Å². The minimum Gasteiger partial charge on any atom is -0.338 e. The monoisotopic (exact) mass is 317 g/mol. The zero-order valence-electron chi connectivity index (χ0n) is 13.2. The number of amides is 1. The second kappa shape index (κ2) is 7.14. The highest BCUT2D eigenvalue weighted by Crippen LogP contribution is 2.24. The van der Waals surface area contributed by atoms with Gasteiger partial charge in [0.2, 0.25) is 0 Å². The minimum absolute atomic E-state index is 0.0964. The molecule has 124 valence electrons. The second-order valence-corrected chi connectivity index (χ2v) is 6.15. The Kier molecular flexibility index (Phi) is 6.00. The normalized spacial score (nSPS) is 17.5. The van der Waals surface area contributed by atoms with Crippen LogP contribution in [0, 0.1) is 11.3 Å². The van der Waals surface area contributed by atoms with Crippen molar-refractivity contribution in [1.29, 1.82) is 5.26 Å².